The van der Waals surface area contributed by atoms with Crippen molar-refractivity contribution in [3.05, 3.63) is 71.0 Å². The lowest BCUT2D eigenvalue weighted by Gasteiger charge is -2.33. The lowest BCUT2D eigenvalue weighted by atomic mass is 9.87. The number of amides is 3. The maximum atomic E-state index is 12.9. The van der Waals surface area contributed by atoms with Crippen LogP contribution in [0.15, 0.2) is 48.5 Å². The van der Waals surface area contributed by atoms with Crippen LogP contribution in [-0.4, -0.2) is 30.4 Å². The number of fused-ring (bicyclic) bond motifs is 1. The van der Waals surface area contributed by atoms with Crippen LogP contribution in [0.4, 0.5) is 9.18 Å². The first-order valence-corrected chi connectivity index (χ1v) is 9.14. The number of carbonyl (C=O) groups excluding carboxylic acids is 2. The second kappa shape index (κ2) is 8.66. The van der Waals surface area contributed by atoms with Gasteiger partial charge in [0.05, 0.1) is 12.6 Å². The first kappa shape index (κ1) is 18.9. The minimum atomic E-state index is -0.426. The molecule has 0 aliphatic heterocycles. The normalized spacial score (nSPS) is 15.6. The molecule has 1 aliphatic rings. The molecule has 2 aromatic carbocycles. The van der Waals surface area contributed by atoms with Crippen molar-refractivity contribution in [1.82, 2.24) is 15.5 Å². The number of halogens is 1. The van der Waals surface area contributed by atoms with Gasteiger partial charge >= 0.3 is 6.03 Å². The topological polar surface area (TPSA) is 61.4 Å². The van der Waals surface area contributed by atoms with E-state index >= 15 is 0 Å². The molecule has 0 spiro atoms. The molecule has 6 heteroatoms. The average molecular weight is 369 g/mol. The molecule has 3 rings (SSSR count). The number of nitrogens with zero attached hydrogens (tertiary/aromatic N) is 1. The van der Waals surface area contributed by atoms with Gasteiger partial charge in [-0.05, 0) is 48.1 Å². The van der Waals surface area contributed by atoms with Gasteiger partial charge in [0.2, 0.25) is 5.91 Å². The average Bonchev–Trinajstić information content (AvgIpc) is 2.70. The molecule has 2 N–H and O–H groups in total. The molecular weight excluding hydrogens is 345 g/mol. The van der Waals surface area contributed by atoms with Crippen LogP contribution in [0.1, 0.15) is 35.6 Å². The molecule has 1 aliphatic carbocycles. The molecule has 142 valence electrons. The van der Waals surface area contributed by atoms with E-state index in [1.165, 1.54) is 23.3 Å². The van der Waals surface area contributed by atoms with Crippen LogP contribution in [0.2, 0.25) is 0 Å². The minimum absolute atomic E-state index is 0.0477. The Bertz CT molecular complexity index is 807. The third-order valence-corrected chi connectivity index (χ3v) is 4.97. The van der Waals surface area contributed by atoms with Gasteiger partial charge in [-0.25, -0.2) is 9.18 Å². The zero-order valence-electron chi connectivity index (χ0n) is 15.4. The highest BCUT2D eigenvalue weighted by atomic mass is 19.1. The summed E-state index contributed by atoms with van der Waals surface area (Å²) < 4.78 is 12.9. The minimum Gasteiger partial charge on any atom is -0.337 e. The van der Waals surface area contributed by atoms with Crippen molar-refractivity contribution in [2.45, 2.75) is 31.8 Å². The Morgan fingerprint density at radius 2 is 1.85 bits per heavy atom. The summed E-state index contributed by atoms with van der Waals surface area (Å²) in [5.74, 6) is -0.449. The first-order valence-electron chi connectivity index (χ1n) is 9.14. The van der Waals surface area contributed by atoms with E-state index in [1.54, 1.807) is 24.1 Å². The molecular formula is C21H24FN3O2. The second-order valence-electron chi connectivity index (χ2n) is 6.77. The van der Waals surface area contributed by atoms with E-state index in [-0.39, 0.29) is 30.9 Å². The largest absolute Gasteiger partial charge is 0.337 e. The Balaban J connectivity index is 1.49. The van der Waals surface area contributed by atoms with Gasteiger partial charge in [0.25, 0.3) is 0 Å². The number of likely N-dealkylation sites (N-methyl/N-ethyl adjacent to an activating group) is 1. The van der Waals surface area contributed by atoms with Crippen molar-refractivity contribution in [1.29, 1.82) is 0 Å². The van der Waals surface area contributed by atoms with Crippen LogP contribution in [-0.2, 0) is 17.8 Å². The van der Waals surface area contributed by atoms with Crippen LogP contribution in [0, 0.1) is 5.82 Å². The van der Waals surface area contributed by atoms with Gasteiger partial charge in [0, 0.05) is 13.6 Å². The van der Waals surface area contributed by atoms with E-state index in [0.29, 0.717) is 0 Å². The quantitative estimate of drug-likeness (QED) is 0.850. The Morgan fingerprint density at radius 3 is 2.63 bits per heavy atom. The van der Waals surface area contributed by atoms with Gasteiger partial charge in [-0.15, -0.1) is 0 Å². The van der Waals surface area contributed by atoms with Crippen molar-refractivity contribution in [2.75, 3.05) is 13.6 Å². The highest BCUT2D eigenvalue weighted by Gasteiger charge is 2.26. The zero-order valence-corrected chi connectivity index (χ0v) is 15.4. The van der Waals surface area contributed by atoms with Crippen molar-refractivity contribution in [3.8, 4) is 0 Å². The van der Waals surface area contributed by atoms with Gasteiger partial charge in [0.15, 0.2) is 0 Å². The van der Waals surface area contributed by atoms with E-state index in [2.05, 4.69) is 22.8 Å². The molecule has 5 nitrogen and oxygen atoms in total. The predicted octanol–water partition coefficient (Wildman–Crippen LogP) is 3.16. The fourth-order valence-corrected chi connectivity index (χ4v) is 3.43. The molecule has 3 amide bonds. The summed E-state index contributed by atoms with van der Waals surface area (Å²) in [6.45, 7) is 0.205. The number of hydrogen-bond donors (Lipinski definition) is 2. The highest BCUT2D eigenvalue weighted by Crippen LogP contribution is 2.33. The summed E-state index contributed by atoms with van der Waals surface area (Å²) in [6.07, 6.45) is 3.01. The fourth-order valence-electron chi connectivity index (χ4n) is 3.43. The molecule has 27 heavy (non-hydrogen) atoms. The zero-order chi connectivity index (χ0) is 19.2. The molecule has 0 saturated heterocycles. The van der Waals surface area contributed by atoms with E-state index < -0.39 is 6.03 Å². The maximum absolute atomic E-state index is 12.9. The van der Waals surface area contributed by atoms with Crippen LogP contribution < -0.4 is 10.6 Å². The van der Waals surface area contributed by atoms with Gasteiger partial charge in [-0.2, -0.15) is 0 Å². The lowest BCUT2D eigenvalue weighted by Crippen LogP contribution is -2.43. The Morgan fingerprint density at radius 1 is 1.11 bits per heavy atom. The Hall–Kier alpha value is -2.89. The van der Waals surface area contributed by atoms with Crippen LogP contribution in [0.3, 0.4) is 0 Å². The van der Waals surface area contributed by atoms with E-state index in [0.717, 1.165) is 24.8 Å². The Kier molecular flexibility index (Phi) is 6.06. The number of hydrogen-bond acceptors (Lipinski definition) is 2. The number of rotatable bonds is 5. The summed E-state index contributed by atoms with van der Waals surface area (Å²) in [7, 11) is 1.78. The maximum Gasteiger partial charge on any atom is 0.315 e. The number of benzene rings is 2. The monoisotopic (exact) mass is 369 g/mol. The molecule has 2 aromatic rings. The molecule has 0 radical (unpaired) electrons. The number of nitrogens with one attached hydrogen (secondary N) is 2. The molecule has 0 aromatic heterocycles. The van der Waals surface area contributed by atoms with E-state index in [4.69, 9.17) is 0 Å². The van der Waals surface area contributed by atoms with Crippen molar-refractivity contribution >= 4 is 11.9 Å². The smallest absolute Gasteiger partial charge is 0.315 e. The summed E-state index contributed by atoms with van der Waals surface area (Å²) in [6, 6.07) is 13.7. The molecule has 0 unspecified atom stereocenters. The molecule has 0 fully saturated rings. The first-order chi connectivity index (χ1) is 13.0. The molecule has 0 saturated carbocycles. The summed E-state index contributed by atoms with van der Waals surface area (Å²) in [4.78, 5) is 26.1. The standard InChI is InChI=1S/C21H24FN3O2/c1-25(19-8-4-6-16-5-2-3-7-18(16)19)20(26)14-24-21(27)23-13-15-9-11-17(22)12-10-15/h2-3,5,7,9-12,19H,4,6,8,13-14H2,1H3,(H2,23,24,27)/t19-/m1/s1. The van der Waals surface area contributed by atoms with Crippen LogP contribution in [0.5, 0.6) is 0 Å². The third-order valence-electron chi connectivity index (χ3n) is 4.97. The van der Waals surface area contributed by atoms with E-state index in [1.807, 2.05) is 12.1 Å². The third kappa shape index (κ3) is 4.84. The molecule has 0 heterocycles. The van der Waals surface area contributed by atoms with Crippen LogP contribution in [0.25, 0.3) is 0 Å². The van der Waals surface area contributed by atoms with Crippen molar-refractivity contribution in [3.63, 3.8) is 0 Å². The van der Waals surface area contributed by atoms with Gasteiger partial charge in [0.1, 0.15) is 5.82 Å². The predicted molar refractivity (Wildman–Crippen MR) is 102 cm³/mol. The number of carbonyl (C=O) groups is 2. The summed E-state index contributed by atoms with van der Waals surface area (Å²) in [5.41, 5.74) is 3.27. The molecule has 1 atom stereocenters. The highest BCUT2D eigenvalue weighted by molar-refractivity contribution is 5.84. The SMILES string of the molecule is CN(C(=O)CNC(=O)NCc1ccc(F)cc1)[C@@H]1CCCc2ccccc21. The van der Waals surface area contributed by atoms with Crippen molar-refractivity contribution < 1.29 is 14.0 Å². The molecule has 0 bridgehead atoms. The van der Waals surface area contributed by atoms with Gasteiger partial charge in [-0.1, -0.05) is 36.4 Å². The van der Waals surface area contributed by atoms with Gasteiger partial charge < -0.3 is 15.5 Å². The number of urea groups is 1. The second-order valence-corrected chi connectivity index (χ2v) is 6.77. The number of aryl methyl sites for hydroxylation is 1. The van der Waals surface area contributed by atoms with Crippen LogP contribution >= 0.6 is 0 Å². The Labute approximate surface area is 158 Å². The van der Waals surface area contributed by atoms with Gasteiger partial charge in [-0.3, -0.25) is 4.79 Å². The fraction of sp³-hybridized carbons (Fsp3) is 0.333. The summed E-state index contributed by atoms with van der Waals surface area (Å²) in [5, 5.41) is 5.26. The summed E-state index contributed by atoms with van der Waals surface area (Å²) >= 11 is 0. The van der Waals surface area contributed by atoms with E-state index in [9.17, 15) is 14.0 Å². The van der Waals surface area contributed by atoms with Crippen molar-refractivity contribution in [2.24, 2.45) is 0 Å². The lowest BCUT2D eigenvalue weighted by molar-refractivity contribution is -0.131.